The van der Waals surface area contributed by atoms with Gasteiger partial charge in [-0.25, -0.2) is 4.79 Å². The molecule has 0 aromatic rings. The second-order valence-electron chi connectivity index (χ2n) is 7.23. The van der Waals surface area contributed by atoms with Crippen molar-refractivity contribution in [2.75, 3.05) is 0 Å². The first kappa shape index (κ1) is 18.5. The Kier molecular flexibility index (Phi) is 6.87. The molecule has 136 valence electrons. The van der Waals surface area contributed by atoms with Crippen LogP contribution in [0.25, 0.3) is 0 Å². The van der Waals surface area contributed by atoms with Gasteiger partial charge in [0.25, 0.3) is 0 Å². The van der Waals surface area contributed by atoms with Gasteiger partial charge in [0.15, 0.2) is 0 Å². The summed E-state index contributed by atoms with van der Waals surface area (Å²) in [5.41, 5.74) is 5.16. The fraction of sp³-hybridized carbons (Fsp3) is 0.824. The number of amides is 3. The smallest absolute Gasteiger partial charge is 0.312 e. The lowest BCUT2D eigenvalue weighted by Crippen LogP contribution is -2.46. The SMILES string of the molecule is NC(=O)NC1CCCC(C(=O)NC2CCC(CCC(=O)O)CC2)C1. The van der Waals surface area contributed by atoms with Crippen molar-refractivity contribution in [3.63, 3.8) is 0 Å². The first-order valence-corrected chi connectivity index (χ1v) is 9.02. The number of urea groups is 1. The second kappa shape index (κ2) is 8.89. The fourth-order valence-electron chi connectivity index (χ4n) is 4.00. The third-order valence-corrected chi connectivity index (χ3v) is 5.35. The highest BCUT2D eigenvalue weighted by Gasteiger charge is 2.30. The minimum Gasteiger partial charge on any atom is -0.481 e. The van der Waals surface area contributed by atoms with E-state index in [4.69, 9.17) is 10.8 Å². The number of aliphatic carboxylic acids is 1. The molecule has 0 heterocycles. The van der Waals surface area contributed by atoms with Gasteiger partial charge >= 0.3 is 12.0 Å². The van der Waals surface area contributed by atoms with Crippen molar-refractivity contribution in [2.24, 2.45) is 17.6 Å². The van der Waals surface area contributed by atoms with E-state index in [9.17, 15) is 14.4 Å². The molecular weight excluding hydrogens is 310 g/mol. The van der Waals surface area contributed by atoms with Crippen LogP contribution < -0.4 is 16.4 Å². The van der Waals surface area contributed by atoms with Crippen LogP contribution >= 0.6 is 0 Å². The summed E-state index contributed by atoms with van der Waals surface area (Å²) in [6.07, 6.45) is 8.09. The van der Waals surface area contributed by atoms with E-state index in [0.717, 1.165) is 51.4 Å². The normalized spacial score (nSPS) is 30.3. The number of carbonyl (C=O) groups excluding carboxylic acids is 2. The van der Waals surface area contributed by atoms with E-state index >= 15 is 0 Å². The third kappa shape index (κ3) is 6.02. The van der Waals surface area contributed by atoms with E-state index in [2.05, 4.69) is 10.6 Å². The van der Waals surface area contributed by atoms with Gasteiger partial charge in [-0.2, -0.15) is 0 Å². The van der Waals surface area contributed by atoms with Crippen molar-refractivity contribution < 1.29 is 19.5 Å². The lowest BCUT2D eigenvalue weighted by Gasteiger charge is -2.32. The Balaban J connectivity index is 1.71. The Morgan fingerprint density at radius 2 is 1.67 bits per heavy atom. The molecule has 2 aliphatic carbocycles. The van der Waals surface area contributed by atoms with Crippen LogP contribution in [0.15, 0.2) is 0 Å². The van der Waals surface area contributed by atoms with Gasteiger partial charge in [0.05, 0.1) is 0 Å². The number of nitrogens with two attached hydrogens (primary N) is 1. The Bertz CT molecular complexity index is 461. The zero-order chi connectivity index (χ0) is 17.5. The van der Waals surface area contributed by atoms with Crippen LogP contribution in [0.2, 0.25) is 0 Å². The third-order valence-electron chi connectivity index (χ3n) is 5.35. The average Bonchev–Trinajstić information content (AvgIpc) is 2.53. The minimum absolute atomic E-state index is 0.00115. The first-order chi connectivity index (χ1) is 11.4. The molecule has 0 radical (unpaired) electrons. The zero-order valence-electron chi connectivity index (χ0n) is 14.1. The van der Waals surface area contributed by atoms with Gasteiger partial charge in [-0.1, -0.05) is 6.42 Å². The molecular formula is C17H29N3O4. The fourth-order valence-corrected chi connectivity index (χ4v) is 4.00. The Labute approximate surface area is 142 Å². The van der Waals surface area contributed by atoms with Crippen LogP contribution in [-0.4, -0.2) is 35.1 Å². The quantitative estimate of drug-likeness (QED) is 0.589. The number of primary amides is 1. The predicted molar refractivity (Wildman–Crippen MR) is 89.2 cm³/mol. The van der Waals surface area contributed by atoms with Crippen molar-refractivity contribution in [2.45, 2.75) is 76.3 Å². The topological polar surface area (TPSA) is 122 Å². The van der Waals surface area contributed by atoms with E-state index in [1.54, 1.807) is 0 Å². The molecule has 0 spiro atoms. The minimum atomic E-state index is -0.734. The van der Waals surface area contributed by atoms with E-state index in [1.165, 1.54) is 0 Å². The van der Waals surface area contributed by atoms with Crippen LogP contribution in [0.5, 0.6) is 0 Å². The molecule has 2 unspecified atom stereocenters. The van der Waals surface area contributed by atoms with Gasteiger partial charge in [0, 0.05) is 24.4 Å². The van der Waals surface area contributed by atoms with Crippen molar-refractivity contribution >= 4 is 17.9 Å². The lowest BCUT2D eigenvalue weighted by molar-refractivity contribution is -0.137. The van der Waals surface area contributed by atoms with Gasteiger partial charge in [-0.15, -0.1) is 0 Å². The molecule has 0 saturated heterocycles. The molecule has 2 atom stereocenters. The summed E-state index contributed by atoms with van der Waals surface area (Å²) in [7, 11) is 0. The highest BCUT2D eigenvalue weighted by molar-refractivity contribution is 5.79. The molecule has 0 aliphatic heterocycles. The molecule has 7 nitrogen and oxygen atoms in total. The summed E-state index contributed by atoms with van der Waals surface area (Å²) in [4.78, 5) is 34.1. The van der Waals surface area contributed by atoms with E-state index in [0.29, 0.717) is 12.3 Å². The molecule has 3 amide bonds. The number of carboxylic acid groups (broad SMARTS) is 1. The summed E-state index contributed by atoms with van der Waals surface area (Å²) in [6, 6.07) is -0.331. The highest BCUT2D eigenvalue weighted by Crippen LogP contribution is 2.29. The first-order valence-electron chi connectivity index (χ1n) is 9.02. The Hall–Kier alpha value is -1.79. The van der Waals surface area contributed by atoms with Crippen LogP contribution in [0.3, 0.4) is 0 Å². The Morgan fingerprint density at radius 1 is 0.958 bits per heavy atom. The predicted octanol–water partition coefficient (Wildman–Crippen LogP) is 1.75. The van der Waals surface area contributed by atoms with Crippen LogP contribution in [0.1, 0.15) is 64.2 Å². The monoisotopic (exact) mass is 339 g/mol. The molecule has 0 aromatic heterocycles. The molecule has 2 fully saturated rings. The molecule has 2 aliphatic rings. The summed E-state index contributed by atoms with van der Waals surface area (Å²) in [5, 5.41) is 14.6. The van der Waals surface area contributed by atoms with Crippen molar-refractivity contribution in [3.05, 3.63) is 0 Å². The lowest BCUT2D eigenvalue weighted by atomic mass is 9.82. The molecule has 0 bridgehead atoms. The maximum absolute atomic E-state index is 12.5. The number of hydrogen-bond acceptors (Lipinski definition) is 3. The maximum atomic E-state index is 12.5. The summed E-state index contributed by atoms with van der Waals surface area (Å²) >= 11 is 0. The van der Waals surface area contributed by atoms with E-state index < -0.39 is 12.0 Å². The summed E-state index contributed by atoms with van der Waals surface area (Å²) < 4.78 is 0. The van der Waals surface area contributed by atoms with Crippen LogP contribution in [-0.2, 0) is 9.59 Å². The number of carboxylic acids is 1. The molecule has 5 N–H and O–H groups in total. The molecule has 24 heavy (non-hydrogen) atoms. The largest absolute Gasteiger partial charge is 0.481 e. The molecule has 0 aromatic carbocycles. The van der Waals surface area contributed by atoms with Gasteiger partial charge in [-0.05, 0) is 57.3 Å². The molecule has 2 rings (SSSR count). The number of rotatable bonds is 6. The van der Waals surface area contributed by atoms with Crippen LogP contribution in [0.4, 0.5) is 4.79 Å². The van der Waals surface area contributed by atoms with Crippen molar-refractivity contribution in [1.82, 2.24) is 10.6 Å². The second-order valence-corrected chi connectivity index (χ2v) is 7.23. The number of nitrogens with one attached hydrogen (secondary N) is 2. The van der Waals surface area contributed by atoms with Gasteiger partial charge in [-0.3, -0.25) is 9.59 Å². The van der Waals surface area contributed by atoms with Gasteiger partial charge in [0.2, 0.25) is 5.91 Å². The van der Waals surface area contributed by atoms with Gasteiger partial charge < -0.3 is 21.5 Å². The van der Waals surface area contributed by atoms with Crippen molar-refractivity contribution in [3.8, 4) is 0 Å². The van der Waals surface area contributed by atoms with Crippen LogP contribution in [0, 0.1) is 11.8 Å². The van der Waals surface area contributed by atoms with Gasteiger partial charge in [0.1, 0.15) is 0 Å². The molecule has 7 heteroatoms. The maximum Gasteiger partial charge on any atom is 0.312 e. The highest BCUT2D eigenvalue weighted by atomic mass is 16.4. The zero-order valence-corrected chi connectivity index (χ0v) is 14.1. The van der Waals surface area contributed by atoms with E-state index in [1.807, 2.05) is 0 Å². The number of hydrogen-bond donors (Lipinski definition) is 4. The Morgan fingerprint density at radius 3 is 2.29 bits per heavy atom. The summed E-state index contributed by atoms with van der Waals surface area (Å²) in [5.74, 6) is -0.241. The van der Waals surface area contributed by atoms with E-state index in [-0.39, 0.29) is 30.3 Å². The number of carbonyl (C=O) groups is 3. The molecule has 2 saturated carbocycles. The van der Waals surface area contributed by atoms with Crippen molar-refractivity contribution in [1.29, 1.82) is 0 Å². The standard InChI is InChI=1S/C17H29N3O4/c18-17(24)20-14-3-1-2-12(10-14)16(23)19-13-7-4-11(5-8-13)6-9-15(21)22/h11-14H,1-10H2,(H,19,23)(H,21,22)(H3,18,20,24). The average molecular weight is 339 g/mol. The summed E-state index contributed by atoms with van der Waals surface area (Å²) in [6.45, 7) is 0.